The predicted octanol–water partition coefficient (Wildman–Crippen LogP) is 5.52. The largest absolute Gasteiger partial charge is 0.493 e. The summed E-state index contributed by atoms with van der Waals surface area (Å²) >= 11 is 0. The standard InChI is InChI=1S/C31H32N4O3/c1-3-38-29-14-8-13-26-24(29)19-28(34(26)20-22-10-5-4-9-21(22)2)30(36)33-17-15-23(16-18-33)35-27-12-7-6-11-25(27)32-31(35)37/h4-14,19,23H,3,15-18,20H2,1-2H3,(H,32,37). The van der Waals surface area contributed by atoms with Crippen molar-refractivity contribution in [2.75, 3.05) is 19.7 Å². The van der Waals surface area contributed by atoms with E-state index in [0.29, 0.717) is 31.9 Å². The van der Waals surface area contributed by atoms with Crippen LogP contribution in [0.15, 0.2) is 77.6 Å². The number of fused-ring (bicyclic) bond motifs is 2. The zero-order chi connectivity index (χ0) is 26.2. The first kappa shape index (κ1) is 24.1. The topological polar surface area (TPSA) is 72.3 Å². The monoisotopic (exact) mass is 508 g/mol. The molecule has 1 aliphatic rings. The highest BCUT2D eigenvalue weighted by Crippen LogP contribution is 2.32. The van der Waals surface area contributed by atoms with Gasteiger partial charge in [0.25, 0.3) is 5.91 Å². The summed E-state index contributed by atoms with van der Waals surface area (Å²) in [5.74, 6) is 0.807. The SMILES string of the molecule is CCOc1cccc2c1cc(C(=O)N1CCC(n3c(=O)[nH]c4ccccc43)CC1)n2Cc1ccccc1C. The van der Waals surface area contributed by atoms with Gasteiger partial charge in [-0.25, -0.2) is 4.79 Å². The Labute approximate surface area is 221 Å². The van der Waals surface area contributed by atoms with Gasteiger partial charge in [-0.15, -0.1) is 0 Å². The number of ether oxygens (including phenoxy) is 1. The van der Waals surface area contributed by atoms with E-state index in [1.54, 1.807) is 0 Å². The predicted molar refractivity (Wildman–Crippen MR) is 150 cm³/mol. The van der Waals surface area contributed by atoms with Crippen LogP contribution in [0.3, 0.4) is 0 Å². The molecule has 7 nitrogen and oxygen atoms in total. The lowest BCUT2D eigenvalue weighted by Gasteiger charge is -2.32. The molecule has 3 aromatic carbocycles. The molecule has 0 spiro atoms. The third kappa shape index (κ3) is 4.18. The summed E-state index contributed by atoms with van der Waals surface area (Å²) in [5, 5.41) is 0.950. The van der Waals surface area contributed by atoms with E-state index in [0.717, 1.165) is 40.5 Å². The number of nitrogens with zero attached hydrogens (tertiary/aromatic N) is 3. The summed E-state index contributed by atoms with van der Waals surface area (Å²) in [6.07, 6.45) is 1.46. The Morgan fingerprint density at radius 3 is 2.50 bits per heavy atom. The van der Waals surface area contributed by atoms with Gasteiger partial charge in [-0.1, -0.05) is 42.5 Å². The van der Waals surface area contributed by atoms with Crippen LogP contribution >= 0.6 is 0 Å². The Morgan fingerprint density at radius 2 is 1.71 bits per heavy atom. The maximum absolute atomic E-state index is 14.0. The second-order valence-electron chi connectivity index (χ2n) is 10.0. The summed E-state index contributed by atoms with van der Waals surface area (Å²) in [6, 6.07) is 24.1. The molecule has 2 aromatic heterocycles. The van der Waals surface area contributed by atoms with Crippen molar-refractivity contribution >= 4 is 27.8 Å². The van der Waals surface area contributed by atoms with Crippen molar-refractivity contribution in [2.45, 2.75) is 39.3 Å². The number of carbonyl (C=O) groups excluding carboxylic acids is 1. The van der Waals surface area contributed by atoms with Gasteiger partial charge in [-0.2, -0.15) is 0 Å². The number of aromatic nitrogens is 3. The van der Waals surface area contributed by atoms with Crippen LogP contribution in [0.2, 0.25) is 0 Å². The minimum atomic E-state index is -0.0854. The van der Waals surface area contributed by atoms with Crippen molar-refractivity contribution in [3.05, 3.63) is 100 Å². The van der Waals surface area contributed by atoms with Crippen LogP contribution in [-0.4, -0.2) is 44.6 Å². The molecule has 0 atom stereocenters. The molecule has 38 heavy (non-hydrogen) atoms. The van der Waals surface area contributed by atoms with E-state index in [9.17, 15) is 9.59 Å². The van der Waals surface area contributed by atoms with Crippen LogP contribution in [0.5, 0.6) is 5.75 Å². The smallest absolute Gasteiger partial charge is 0.326 e. The minimum Gasteiger partial charge on any atom is -0.493 e. The lowest BCUT2D eigenvalue weighted by molar-refractivity contribution is 0.0685. The molecule has 1 N–H and O–H groups in total. The molecule has 0 bridgehead atoms. The molecule has 1 aliphatic heterocycles. The third-order valence-electron chi connectivity index (χ3n) is 7.76. The number of imidazole rings is 1. The van der Waals surface area contributed by atoms with E-state index in [2.05, 4.69) is 34.7 Å². The number of para-hydroxylation sites is 2. The van der Waals surface area contributed by atoms with Gasteiger partial charge < -0.3 is 19.2 Å². The van der Waals surface area contributed by atoms with Crippen LogP contribution in [0.25, 0.3) is 21.9 Å². The van der Waals surface area contributed by atoms with E-state index in [1.165, 1.54) is 11.1 Å². The highest BCUT2D eigenvalue weighted by molar-refractivity contribution is 6.00. The van der Waals surface area contributed by atoms with Gasteiger partial charge in [-0.3, -0.25) is 9.36 Å². The van der Waals surface area contributed by atoms with Crippen LogP contribution in [0.1, 0.15) is 47.4 Å². The number of hydrogen-bond donors (Lipinski definition) is 1. The minimum absolute atomic E-state index is 0.0157. The first-order chi connectivity index (χ1) is 18.5. The van der Waals surface area contributed by atoms with Gasteiger partial charge in [0, 0.05) is 31.1 Å². The van der Waals surface area contributed by atoms with Crippen molar-refractivity contribution in [1.29, 1.82) is 0 Å². The third-order valence-corrected chi connectivity index (χ3v) is 7.76. The molecular formula is C31H32N4O3. The van der Waals surface area contributed by atoms with Gasteiger partial charge in [0.1, 0.15) is 11.4 Å². The second kappa shape index (κ2) is 9.89. The number of aromatic amines is 1. The quantitative estimate of drug-likeness (QED) is 0.328. The molecule has 5 aromatic rings. The number of aryl methyl sites for hydroxylation is 1. The van der Waals surface area contributed by atoms with Crippen molar-refractivity contribution in [1.82, 2.24) is 19.0 Å². The first-order valence-electron chi connectivity index (χ1n) is 13.3. The summed E-state index contributed by atoms with van der Waals surface area (Å²) in [6.45, 7) is 6.43. The molecule has 0 saturated carbocycles. The van der Waals surface area contributed by atoms with E-state index < -0.39 is 0 Å². The average molecular weight is 509 g/mol. The summed E-state index contributed by atoms with van der Waals surface area (Å²) in [7, 11) is 0. The Kier molecular flexibility index (Phi) is 6.27. The van der Waals surface area contributed by atoms with Crippen molar-refractivity contribution in [3.63, 3.8) is 0 Å². The van der Waals surface area contributed by atoms with Crippen molar-refractivity contribution < 1.29 is 9.53 Å². The fourth-order valence-corrected chi connectivity index (χ4v) is 5.77. The van der Waals surface area contributed by atoms with Crippen LogP contribution in [0, 0.1) is 6.92 Å². The molecule has 7 heteroatoms. The number of nitrogens with one attached hydrogen (secondary N) is 1. The molecule has 1 saturated heterocycles. The van der Waals surface area contributed by atoms with E-state index >= 15 is 0 Å². The zero-order valence-corrected chi connectivity index (χ0v) is 21.8. The lowest BCUT2D eigenvalue weighted by atomic mass is 10.0. The van der Waals surface area contributed by atoms with Gasteiger partial charge >= 0.3 is 5.69 Å². The molecular weight excluding hydrogens is 476 g/mol. The van der Waals surface area contributed by atoms with E-state index in [1.807, 2.05) is 71.0 Å². The van der Waals surface area contributed by atoms with Crippen LogP contribution in [-0.2, 0) is 6.54 Å². The Bertz CT molecular complexity index is 1680. The van der Waals surface area contributed by atoms with Gasteiger partial charge in [0.15, 0.2) is 0 Å². The number of rotatable bonds is 6. The number of H-pyrrole nitrogens is 1. The maximum atomic E-state index is 14.0. The van der Waals surface area contributed by atoms with Crippen molar-refractivity contribution in [3.8, 4) is 5.75 Å². The number of benzene rings is 3. The Morgan fingerprint density at radius 1 is 0.974 bits per heavy atom. The molecule has 0 unspecified atom stereocenters. The number of piperidine rings is 1. The van der Waals surface area contributed by atoms with Gasteiger partial charge in [0.05, 0.1) is 23.2 Å². The molecule has 1 fully saturated rings. The fraction of sp³-hybridized carbons (Fsp3) is 0.290. The maximum Gasteiger partial charge on any atom is 0.326 e. The van der Waals surface area contributed by atoms with Crippen molar-refractivity contribution in [2.24, 2.45) is 0 Å². The summed E-state index contributed by atoms with van der Waals surface area (Å²) < 4.78 is 9.90. The van der Waals surface area contributed by atoms with Gasteiger partial charge in [-0.05, 0) is 68.1 Å². The molecule has 0 radical (unpaired) electrons. The Balaban J connectivity index is 1.32. The zero-order valence-electron chi connectivity index (χ0n) is 21.8. The molecule has 3 heterocycles. The molecule has 1 amide bonds. The second-order valence-corrected chi connectivity index (χ2v) is 10.0. The lowest BCUT2D eigenvalue weighted by Crippen LogP contribution is -2.41. The summed E-state index contributed by atoms with van der Waals surface area (Å²) in [5.41, 5.74) is 5.71. The number of hydrogen-bond acceptors (Lipinski definition) is 3. The number of carbonyl (C=O) groups is 1. The van der Waals surface area contributed by atoms with E-state index in [4.69, 9.17) is 4.74 Å². The van der Waals surface area contributed by atoms with Crippen LogP contribution < -0.4 is 10.4 Å². The molecule has 194 valence electrons. The number of amides is 1. The first-order valence-corrected chi connectivity index (χ1v) is 13.3. The van der Waals surface area contributed by atoms with E-state index in [-0.39, 0.29) is 17.6 Å². The van der Waals surface area contributed by atoms with Crippen LogP contribution in [0.4, 0.5) is 0 Å². The summed E-state index contributed by atoms with van der Waals surface area (Å²) in [4.78, 5) is 31.6. The average Bonchev–Trinajstić information content (AvgIpc) is 3.47. The number of likely N-dealkylation sites (tertiary alicyclic amines) is 1. The molecule has 0 aliphatic carbocycles. The highest BCUT2D eigenvalue weighted by atomic mass is 16.5. The molecule has 6 rings (SSSR count). The fourth-order valence-electron chi connectivity index (χ4n) is 5.77. The highest BCUT2D eigenvalue weighted by Gasteiger charge is 2.29. The van der Waals surface area contributed by atoms with Gasteiger partial charge in [0.2, 0.25) is 0 Å². The normalized spacial score (nSPS) is 14.4. The Hall–Kier alpha value is -4.26.